The Morgan fingerprint density at radius 2 is 1.94 bits per heavy atom. The summed E-state index contributed by atoms with van der Waals surface area (Å²) in [5.74, 6) is 5.40. The number of hydrogen-bond acceptors (Lipinski definition) is 3. The van der Waals surface area contributed by atoms with Gasteiger partial charge in [0.15, 0.2) is 0 Å². The molecule has 0 amide bonds. The molecule has 4 nitrogen and oxygen atoms in total. The SMILES string of the molecule is CC#CCCNS(=O)(=O)Cc1ccc(C#N)cc1. The molecule has 0 atom stereocenters. The number of sulfonamides is 1. The molecule has 0 unspecified atom stereocenters. The van der Waals surface area contributed by atoms with Crippen molar-refractivity contribution in [3.05, 3.63) is 35.4 Å². The largest absolute Gasteiger partial charge is 0.215 e. The van der Waals surface area contributed by atoms with Gasteiger partial charge in [-0.3, -0.25) is 0 Å². The standard InChI is InChI=1S/C13H14N2O2S/c1-2-3-4-9-15-18(16,17)11-13-7-5-12(10-14)6-8-13/h5-8,15H,4,9,11H2,1H3. The van der Waals surface area contributed by atoms with E-state index in [0.717, 1.165) is 0 Å². The van der Waals surface area contributed by atoms with Crippen LogP contribution >= 0.6 is 0 Å². The lowest BCUT2D eigenvalue weighted by atomic mass is 10.2. The summed E-state index contributed by atoms with van der Waals surface area (Å²) in [7, 11) is -3.34. The quantitative estimate of drug-likeness (QED) is 0.644. The molecule has 0 radical (unpaired) electrons. The summed E-state index contributed by atoms with van der Waals surface area (Å²) in [5.41, 5.74) is 1.17. The zero-order chi connectivity index (χ0) is 13.4. The lowest BCUT2D eigenvalue weighted by molar-refractivity contribution is 0.581. The number of hydrogen-bond donors (Lipinski definition) is 1. The van der Waals surface area contributed by atoms with E-state index in [1.807, 2.05) is 6.07 Å². The van der Waals surface area contributed by atoms with Crippen LogP contribution < -0.4 is 4.72 Å². The van der Waals surface area contributed by atoms with E-state index in [0.29, 0.717) is 24.1 Å². The van der Waals surface area contributed by atoms with Crippen molar-refractivity contribution in [1.29, 1.82) is 5.26 Å². The molecule has 5 heteroatoms. The van der Waals surface area contributed by atoms with Gasteiger partial charge >= 0.3 is 0 Å². The molecule has 0 aliphatic rings. The minimum absolute atomic E-state index is 0.0851. The summed E-state index contributed by atoms with van der Waals surface area (Å²) in [4.78, 5) is 0. The molecule has 0 spiro atoms. The van der Waals surface area contributed by atoms with E-state index in [2.05, 4.69) is 16.6 Å². The van der Waals surface area contributed by atoms with Gasteiger partial charge in [-0.1, -0.05) is 12.1 Å². The highest BCUT2D eigenvalue weighted by molar-refractivity contribution is 7.88. The Labute approximate surface area is 108 Å². The van der Waals surface area contributed by atoms with Gasteiger partial charge in [0, 0.05) is 13.0 Å². The molecule has 0 fully saturated rings. The van der Waals surface area contributed by atoms with Crippen LogP contribution in [0.25, 0.3) is 0 Å². The molecule has 0 aromatic heterocycles. The first-order chi connectivity index (χ1) is 8.57. The normalized spacial score (nSPS) is 10.2. The van der Waals surface area contributed by atoms with Crippen LogP contribution in [0, 0.1) is 23.2 Å². The molecule has 0 aliphatic carbocycles. The average molecular weight is 262 g/mol. The van der Waals surface area contributed by atoms with Gasteiger partial charge in [0.2, 0.25) is 10.0 Å². The van der Waals surface area contributed by atoms with Crippen molar-refractivity contribution in [1.82, 2.24) is 4.72 Å². The number of nitrogens with one attached hydrogen (secondary N) is 1. The van der Waals surface area contributed by atoms with E-state index in [-0.39, 0.29) is 5.75 Å². The first kappa shape index (κ1) is 14.2. The van der Waals surface area contributed by atoms with Crippen LogP contribution in [0.3, 0.4) is 0 Å². The molecule has 0 heterocycles. The molecule has 1 aromatic rings. The predicted molar refractivity (Wildman–Crippen MR) is 69.9 cm³/mol. The minimum Gasteiger partial charge on any atom is -0.214 e. The van der Waals surface area contributed by atoms with Crippen molar-refractivity contribution < 1.29 is 8.42 Å². The number of rotatable bonds is 5. The first-order valence-corrected chi connectivity index (χ1v) is 7.08. The third-order valence-electron chi connectivity index (χ3n) is 2.19. The third kappa shape index (κ3) is 5.01. The molecule has 18 heavy (non-hydrogen) atoms. The number of nitrogens with zero attached hydrogens (tertiary/aromatic N) is 1. The van der Waals surface area contributed by atoms with Crippen molar-refractivity contribution in [2.24, 2.45) is 0 Å². The molecule has 1 N–H and O–H groups in total. The van der Waals surface area contributed by atoms with Gasteiger partial charge in [0.1, 0.15) is 0 Å². The molecular formula is C13H14N2O2S. The monoisotopic (exact) mass is 262 g/mol. The van der Waals surface area contributed by atoms with Crippen LogP contribution in [0.4, 0.5) is 0 Å². The fourth-order valence-corrected chi connectivity index (χ4v) is 2.49. The molecule has 0 aliphatic heterocycles. The Morgan fingerprint density at radius 3 is 2.50 bits per heavy atom. The minimum atomic E-state index is -3.34. The van der Waals surface area contributed by atoms with Gasteiger partial charge in [-0.05, 0) is 24.6 Å². The third-order valence-corrected chi connectivity index (χ3v) is 3.55. The van der Waals surface area contributed by atoms with Crippen molar-refractivity contribution in [2.45, 2.75) is 19.1 Å². The average Bonchev–Trinajstić information content (AvgIpc) is 2.35. The maximum absolute atomic E-state index is 11.7. The maximum atomic E-state index is 11.7. The second-order valence-corrected chi connectivity index (χ2v) is 5.45. The van der Waals surface area contributed by atoms with Gasteiger partial charge in [0.05, 0.1) is 17.4 Å². The van der Waals surface area contributed by atoms with Crippen LogP contribution in [0.5, 0.6) is 0 Å². The van der Waals surface area contributed by atoms with Crippen molar-refractivity contribution >= 4 is 10.0 Å². The smallest absolute Gasteiger partial charge is 0.214 e. The van der Waals surface area contributed by atoms with Crippen LogP contribution in [0.15, 0.2) is 24.3 Å². The molecule has 0 saturated heterocycles. The van der Waals surface area contributed by atoms with E-state index < -0.39 is 10.0 Å². The van der Waals surface area contributed by atoms with E-state index >= 15 is 0 Å². The molecule has 0 bridgehead atoms. The van der Waals surface area contributed by atoms with E-state index in [1.54, 1.807) is 31.2 Å². The predicted octanol–water partition coefficient (Wildman–Crippen LogP) is 1.39. The topological polar surface area (TPSA) is 70.0 Å². The zero-order valence-electron chi connectivity index (χ0n) is 10.1. The molecule has 94 valence electrons. The van der Waals surface area contributed by atoms with Crippen molar-refractivity contribution in [3.8, 4) is 17.9 Å². The Morgan fingerprint density at radius 1 is 1.28 bits per heavy atom. The van der Waals surface area contributed by atoms with E-state index in [4.69, 9.17) is 5.26 Å². The number of nitriles is 1. The fourth-order valence-electron chi connectivity index (χ4n) is 1.34. The summed E-state index contributed by atoms with van der Waals surface area (Å²) in [6, 6.07) is 8.48. The van der Waals surface area contributed by atoms with Gasteiger partial charge in [0.25, 0.3) is 0 Å². The van der Waals surface area contributed by atoms with Crippen LogP contribution in [-0.2, 0) is 15.8 Å². The molecule has 0 saturated carbocycles. The van der Waals surface area contributed by atoms with Crippen molar-refractivity contribution in [3.63, 3.8) is 0 Å². The van der Waals surface area contributed by atoms with Gasteiger partial charge in [-0.2, -0.15) is 5.26 Å². The summed E-state index contributed by atoms with van der Waals surface area (Å²) in [6.45, 7) is 2.03. The Bertz CT molecular complexity index is 587. The van der Waals surface area contributed by atoms with Crippen LogP contribution in [0.1, 0.15) is 24.5 Å². The Balaban J connectivity index is 2.58. The Hall–Kier alpha value is -1.82. The zero-order valence-corrected chi connectivity index (χ0v) is 10.9. The summed E-state index contributed by atoms with van der Waals surface area (Å²) >= 11 is 0. The first-order valence-electron chi connectivity index (χ1n) is 5.43. The van der Waals surface area contributed by atoms with Crippen LogP contribution in [0.2, 0.25) is 0 Å². The highest BCUT2D eigenvalue weighted by Crippen LogP contribution is 2.07. The molecular weight excluding hydrogens is 248 g/mol. The second kappa shape index (κ2) is 6.80. The second-order valence-electron chi connectivity index (χ2n) is 3.64. The lowest BCUT2D eigenvalue weighted by Crippen LogP contribution is -2.25. The molecule has 1 rings (SSSR count). The van der Waals surface area contributed by atoms with Gasteiger partial charge in [-0.25, -0.2) is 13.1 Å². The number of benzene rings is 1. The van der Waals surface area contributed by atoms with E-state index in [9.17, 15) is 8.42 Å². The Kier molecular flexibility index (Phi) is 5.38. The van der Waals surface area contributed by atoms with Gasteiger partial charge in [-0.15, -0.1) is 11.8 Å². The van der Waals surface area contributed by atoms with Crippen molar-refractivity contribution in [2.75, 3.05) is 6.54 Å². The van der Waals surface area contributed by atoms with Gasteiger partial charge < -0.3 is 0 Å². The van der Waals surface area contributed by atoms with E-state index in [1.165, 1.54) is 0 Å². The molecule has 1 aromatic carbocycles. The maximum Gasteiger partial charge on any atom is 0.215 e. The summed E-state index contributed by atoms with van der Waals surface area (Å²) < 4.78 is 25.9. The highest BCUT2D eigenvalue weighted by Gasteiger charge is 2.10. The van der Waals surface area contributed by atoms with Crippen LogP contribution in [-0.4, -0.2) is 15.0 Å². The fraction of sp³-hybridized carbons (Fsp3) is 0.308. The summed E-state index contributed by atoms with van der Waals surface area (Å²) in [6.07, 6.45) is 0.503. The highest BCUT2D eigenvalue weighted by atomic mass is 32.2. The lowest BCUT2D eigenvalue weighted by Gasteiger charge is -2.05. The summed E-state index contributed by atoms with van der Waals surface area (Å²) in [5, 5.41) is 8.63.